The van der Waals surface area contributed by atoms with E-state index in [1.165, 1.54) is 43.5 Å². The Balaban J connectivity index is 2.03. The van der Waals surface area contributed by atoms with Crippen LogP contribution < -0.4 is 5.73 Å². The van der Waals surface area contributed by atoms with Crippen molar-refractivity contribution in [2.45, 2.75) is 26.1 Å². The Bertz CT molecular complexity index is 921. The molecule has 0 radical (unpaired) electrons. The number of nitrogens with zero attached hydrogens (tertiary/aromatic N) is 3. The monoisotopic (exact) mass is 408 g/mol. The standard InChI is InChI=1S/C16H16N4O7S/c1-16(2,27-19-12(13(21)22)11-8-28-15(17)18-11)14(23)26-7-9-3-5-10(6-4-9)20(24)25/h3-6,8H,7H2,1-2H3,(H2,17,18)(H,21,22). The van der Waals surface area contributed by atoms with Gasteiger partial charge in [-0.3, -0.25) is 10.1 Å². The van der Waals surface area contributed by atoms with Crippen LogP contribution in [0.4, 0.5) is 10.8 Å². The lowest BCUT2D eigenvalue weighted by atomic mass is 10.1. The molecule has 0 aliphatic carbocycles. The maximum absolute atomic E-state index is 12.2. The minimum atomic E-state index is -1.59. The second kappa shape index (κ2) is 8.43. The highest BCUT2D eigenvalue weighted by atomic mass is 32.1. The van der Waals surface area contributed by atoms with E-state index in [9.17, 15) is 24.8 Å². The first-order valence-corrected chi connectivity index (χ1v) is 8.59. The molecule has 1 heterocycles. The van der Waals surface area contributed by atoms with E-state index in [2.05, 4.69) is 10.1 Å². The molecule has 0 aliphatic heterocycles. The summed E-state index contributed by atoms with van der Waals surface area (Å²) in [5, 5.41) is 24.9. The number of aromatic nitrogens is 1. The van der Waals surface area contributed by atoms with Crippen molar-refractivity contribution in [1.29, 1.82) is 0 Å². The van der Waals surface area contributed by atoms with Crippen molar-refractivity contribution >= 4 is 39.8 Å². The Morgan fingerprint density at radius 3 is 2.50 bits per heavy atom. The molecule has 1 aromatic heterocycles. The third-order valence-electron chi connectivity index (χ3n) is 3.34. The lowest BCUT2D eigenvalue weighted by molar-refractivity contribution is -0.384. The van der Waals surface area contributed by atoms with Gasteiger partial charge in [0.15, 0.2) is 5.13 Å². The molecule has 3 N–H and O–H groups in total. The van der Waals surface area contributed by atoms with Crippen molar-refractivity contribution in [1.82, 2.24) is 4.98 Å². The van der Waals surface area contributed by atoms with Gasteiger partial charge in [0, 0.05) is 17.5 Å². The smallest absolute Gasteiger partial charge is 0.360 e. The van der Waals surface area contributed by atoms with Crippen LogP contribution in [0, 0.1) is 10.1 Å². The number of nitro groups is 1. The van der Waals surface area contributed by atoms with E-state index in [4.69, 9.17) is 15.3 Å². The summed E-state index contributed by atoms with van der Waals surface area (Å²) in [6.07, 6.45) is 0. The van der Waals surface area contributed by atoms with Gasteiger partial charge in [0.25, 0.3) is 5.69 Å². The molecule has 0 spiro atoms. The normalized spacial score (nSPS) is 11.7. The highest BCUT2D eigenvalue weighted by Gasteiger charge is 2.33. The summed E-state index contributed by atoms with van der Waals surface area (Å²) in [5.74, 6) is -2.21. The van der Waals surface area contributed by atoms with E-state index < -0.39 is 28.2 Å². The second-order valence-electron chi connectivity index (χ2n) is 5.92. The van der Waals surface area contributed by atoms with Crippen LogP contribution in [0.5, 0.6) is 0 Å². The molecule has 0 atom stereocenters. The van der Waals surface area contributed by atoms with Gasteiger partial charge in [-0.05, 0) is 31.5 Å². The number of thiazole rings is 1. The van der Waals surface area contributed by atoms with Gasteiger partial charge in [-0.15, -0.1) is 11.3 Å². The fourth-order valence-electron chi connectivity index (χ4n) is 1.83. The number of hydrogen-bond donors (Lipinski definition) is 2. The number of nitro benzene ring substituents is 1. The molecule has 0 bridgehead atoms. The largest absolute Gasteiger partial charge is 0.476 e. The zero-order valence-corrected chi connectivity index (χ0v) is 15.6. The third kappa shape index (κ3) is 5.23. The lowest BCUT2D eigenvalue weighted by Gasteiger charge is -2.20. The van der Waals surface area contributed by atoms with Crippen LogP contribution in [0.25, 0.3) is 0 Å². The molecule has 11 nitrogen and oxygen atoms in total. The van der Waals surface area contributed by atoms with E-state index in [-0.39, 0.29) is 23.1 Å². The van der Waals surface area contributed by atoms with Crippen molar-refractivity contribution in [3.63, 3.8) is 0 Å². The van der Waals surface area contributed by atoms with Crippen LogP contribution in [0.1, 0.15) is 25.1 Å². The number of nitrogen functional groups attached to an aromatic ring is 1. The summed E-state index contributed by atoms with van der Waals surface area (Å²) >= 11 is 1.03. The summed E-state index contributed by atoms with van der Waals surface area (Å²) in [6.45, 7) is 2.55. The van der Waals surface area contributed by atoms with Crippen molar-refractivity contribution in [2.24, 2.45) is 5.16 Å². The summed E-state index contributed by atoms with van der Waals surface area (Å²) in [6, 6.07) is 5.47. The van der Waals surface area contributed by atoms with Crippen LogP contribution in [0.2, 0.25) is 0 Å². The average Bonchev–Trinajstić information content (AvgIpc) is 3.05. The van der Waals surface area contributed by atoms with Crippen molar-refractivity contribution < 1.29 is 29.2 Å². The molecule has 12 heteroatoms. The van der Waals surface area contributed by atoms with Gasteiger partial charge in [0.2, 0.25) is 11.3 Å². The number of esters is 1. The number of non-ortho nitro benzene ring substituents is 1. The highest BCUT2D eigenvalue weighted by molar-refractivity contribution is 7.13. The molecule has 2 rings (SSSR count). The van der Waals surface area contributed by atoms with E-state index >= 15 is 0 Å². The molecule has 1 aromatic carbocycles. The van der Waals surface area contributed by atoms with Gasteiger partial charge < -0.3 is 20.4 Å². The number of carbonyl (C=O) groups excluding carboxylic acids is 1. The van der Waals surface area contributed by atoms with Gasteiger partial charge in [0.05, 0.1) is 4.92 Å². The molecular weight excluding hydrogens is 392 g/mol. The van der Waals surface area contributed by atoms with Crippen LogP contribution in [0.3, 0.4) is 0 Å². The first-order valence-electron chi connectivity index (χ1n) is 7.71. The van der Waals surface area contributed by atoms with E-state index in [1.54, 1.807) is 0 Å². The van der Waals surface area contributed by atoms with Crippen LogP contribution in [0.15, 0.2) is 34.8 Å². The Morgan fingerprint density at radius 1 is 1.36 bits per heavy atom. The zero-order chi connectivity index (χ0) is 20.9. The minimum absolute atomic E-state index is 0.00467. The summed E-state index contributed by atoms with van der Waals surface area (Å²) in [7, 11) is 0. The number of hydrogen-bond acceptors (Lipinski definition) is 10. The van der Waals surface area contributed by atoms with Gasteiger partial charge >= 0.3 is 11.9 Å². The summed E-state index contributed by atoms with van der Waals surface area (Å²) in [4.78, 5) is 42.5. The molecule has 0 amide bonds. The molecular formula is C16H16N4O7S. The first-order chi connectivity index (χ1) is 13.1. The molecule has 28 heavy (non-hydrogen) atoms. The Labute approximate surface area is 162 Å². The topological polar surface area (TPSA) is 167 Å². The summed E-state index contributed by atoms with van der Waals surface area (Å²) in [5.41, 5.74) is 3.82. The quantitative estimate of drug-likeness (QED) is 0.287. The zero-order valence-electron chi connectivity index (χ0n) is 14.8. The number of carboxylic acid groups (broad SMARTS) is 1. The molecule has 0 unspecified atom stereocenters. The van der Waals surface area contributed by atoms with Crippen molar-refractivity contribution in [3.8, 4) is 0 Å². The predicted molar refractivity (Wildman–Crippen MR) is 98.8 cm³/mol. The number of carbonyl (C=O) groups is 2. The molecule has 2 aromatic rings. The molecule has 0 saturated heterocycles. The Morgan fingerprint density at radius 2 is 2.00 bits per heavy atom. The number of anilines is 1. The number of oxime groups is 1. The van der Waals surface area contributed by atoms with Crippen molar-refractivity contribution in [3.05, 3.63) is 51.0 Å². The lowest BCUT2D eigenvalue weighted by Crippen LogP contribution is -2.36. The third-order valence-corrected chi connectivity index (χ3v) is 4.01. The number of carboxylic acids is 1. The summed E-state index contributed by atoms with van der Waals surface area (Å²) < 4.78 is 5.11. The second-order valence-corrected chi connectivity index (χ2v) is 6.81. The Hall–Kier alpha value is -3.54. The maximum Gasteiger partial charge on any atom is 0.360 e. The Kier molecular flexibility index (Phi) is 6.26. The van der Waals surface area contributed by atoms with E-state index in [1.807, 2.05) is 0 Å². The van der Waals surface area contributed by atoms with Crippen LogP contribution >= 0.6 is 11.3 Å². The average molecular weight is 408 g/mol. The first kappa shape index (κ1) is 20.8. The highest BCUT2D eigenvalue weighted by Crippen LogP contribution is 2.18. The molecule has 148 valence electrons. The van der Waals surface area contributed by atoms with E-state index in [0.717, 1.165) is 11.3 Å². The van der Waals surface area contributed by atoms with Gasteiger partial charge in [-0.1, -0.05) is 5.16 Å². The maximum atomic E-state index is 12.2. The minimum Gasteiger partial charge on any atom is -0.476 e. The number of nitrogens with two attached hydrogens (primary N) is 1. The number of aliphatic carboxylic acids is 1. The van der Waals surface area contributed by atoms with Gasteiger partial charge in [-0.25, -0.2) is 14.6 Å². The molecule has 0 aliphatic rings. The number of rotatable bonds is 8. The number of ether oxygens (including phenoxy) is 1. The number of benzene rings is 1. The SMILES string of the molecule is CC(C)(ON=C(C(=O)O)c1csc(N)n1)C(=O)OCc1ccc([N+](=O)[O-])cc1. The fraction of sp³-hybridized carbons (Fsp3) is 0.250. The fourth-order valence-corrected chi connectivity index (χ4v) is 2.37. The van der Waals surface area contributed by atoms with Crippen LogP contribution in [-0.2, 0) is 25.8 Å². The van der Waals surface area contributed by atoms with E-state index in [0.29, 0.717) is 5.56 Å². The van der Waals surface area contributed by atoms with Crippen molar-refractivity contribution in [2.75, 3.05) is 5.73 Å². The van der Waals surface area contributed by atoms with Crippen LogP contribution in [-0.4, -0.2) is 38.3 Å². The van der Waals surface area contributed by atoms with Gasteiger partial charge in [0.1, 0.15) is 12.3 Å². The molecule has 0 fully saturated rings. The molecule has 0 saturated carbocycles. The van der Waals surface area contributed by atoms with Gasteiger partial charge in [-0.2, -0.15) is 0 Å². The predicted octanol–water partition coefficient (Wildman–Crippen LogP) is 1.96.